The van der Waals surface area contributed by atoms with E-state index in [1.807, 2.05) is 24.3 Å². The molecule has 1 fully saturated rings. The van der Waals surface area contributed by atoms with Crippen LogP contribution in [0.5, 0.6) is 0 Å². The van der Waals surface area contributed by atoms with E-state index in [2.05, 4.69) is 23.3 Å². The summed E-state index contributed by atoms with van der Waals surface area (Å²) in [7, 11) is 0. The average Bonchev–Trinajstić information content (AvgIpc) is 3.17. The fraction of sp³-hybridized carbons (Fsp3) is 0.238. The monoisotopic (exact) mass is 408 g/mol. The summed E-state index contributed by atoms with van der Waals surface area (Å²) in [6.07, 6.45) is 0.760. The van der Waals surface area contributed by atoms with E-state index in [4.69, 9.17) is 0 Å². The summed E-state index contributed by atoms with van der Waals surface area (Å²) in [5, 5.41) is 3.56. The highest BCUT2D eigenvalue weighted by Gasteiger charge is 2.25. The first-order valence-electron chi connectivity index (χ1n) is 9.31. The van der Waals surface area contributed by atoms with Crippen LogP contribution >= 0.6 is 11.3 Å². The molecule has 2 aromatic carbocycles. The highest BCUT2D eigenvalue weighted by molar-refractivity contribution is 7.21. The Balaban J connectivity index is 1.41. The molecule has 0 radical (unpaired) electrons. The third-order valence-corrected chi connectivity index (χ3v) is 5.95. The highest BCUT2D eigenvalue weighted by Crippen LogP contribution is 2.31. The Kier molecular flexibility index (Phi) is 5.26. The van der Waals surface area contributed by atoms with Crippen LogP contribution in [0.2, 0.25) is 0 Å². The maximum absolute atomic E-state index is 12.3. The van der Waals surface area contributed by atoms with Gasteiger partial charge in [0.2, 0.25) is 6.41 Å². The molecular weight excluding hydrogens is 388 g/mol. The lowest BCUT2D eigenvalue weighted by atomic mass is 10.2. The topological polar surface area (TPSA) is 82.6 Å². The summed E-state index contributed by atoms with van der Waals surface area (Å²) in [6, 6.07) is 13.5. The molecule has 1 aromatic heterocycles. The lowest BCUT2D eigenvalue weighted by Gasteiger charge is -2.31. The minimum atomic E-state index is -0.673. The van der Waals surface area contributed by atoms with Gasteiger partial charge in [0, 0.05) is 37.4 Å². The van der Waals surface area contributed by atoms with Crippen molar-refractivity contribution in [3.05, 3.63) is 48.0 Å². The van der Waals surface area contributed by atoms with Gasteiger partial charge in [0.1, 0.15) is 5.01 Å². The smallest absolute Gasteiger partial charge is 0.313 e. The van der Waals surface area contributed by atoms with E-state index in [0.29, 0.717) is 31.9 Å². The largest absolute Gasteiger partial charge is 0.342 e. The van der Waals surface area contributed by atoms with Crippen LogP contribution in [0.25, 0.3) is 20.8 Å². The van der Waals surface area contributed by atoms with Gasteiger partial charge < -0.3 is 15.1 Å². The van der Waals surface area contributed by atoms with E-state index in [0.717, 1.165) is 27.2 Å². The number of rotatable bonds is 3. The predicted octanol–water partition coefficient (Wildman–Crippen LogP) is 2.51. The minimum Gasteiger partial charge on any atom is -0.342 e. The van der Waals surface area contributed by atoms with Crippen LogP contribution < -0.4 is 5.32 Å². The molecule has 1 saturated heterocycles. The fourth-order valence-electron chi connectivity index (χ4n) is 3.21. The first kappa shape index (κ1) is 19.1. The molecule has 29 heavy (non-hydrogen) atoms. The van der Waals surface area contributed by atoms with Gasteiger partial charge in [-0.1, -0.05) is 6.07 Å². The van der Waals surface area contributed by atoms with E-state index < -0.39 is 11.8 Å². The van der Waals surface area contributed by atoms with Gasteiger partial charge in [-0.05, 0) is 48.9 Å². The first-order chi connectivity index (χ1) is 14.0. The molecule has 0 aliphatic carbocycles. The number of nitrogens with one attached hydrogen (secondary N) is 1. The van der Waals surface area contributed by atoms with Gasteiger partial charge in [-0.2, -0.15) is 0 Å². The van der Waals surface area contributed by atoms with E-state index in [9.17, 15) is 14.4 Å². The molecule has 0 unspecified atom stereocenters. The molecule has 7 nitrogen and oxygen atoms in total. The number of aryl methyl sites for hydroxylation is 1. The Labute approximate surface area is 171 Å². The number of aromatic nitrogens is 1. The van der Waals surface area contributed by atoms with Crippen LogP contribution in [0.3, 0.4) is 0 Å². The maximum Gasteiger partial charge on any atom is 0.313 e. The molecule has 0 bridgehead atoms. The number of hydrogen-bond acceptors (Lipinski definition) is 5. The van der Waals surface area contributed by atoms with Crippen molar-refractivity contribution in [1.29, 1.82) is 0 Å². The maximum atomic E-state index is 12.3. The van der Waals surface area contributed by atoms with Crippen molar-refractivity contribution in [2.45, 2.75) is 6.92 Å². The Hall–Kier alpha value is -3.26. The summed E-state index contributed by atoms with van der Waals surface area (Å²) < 4.78 is 1.14. The average molecular weight is 408 g/mol. The number of fused-ring (bicyclic) bond motifs is 1. The Morgan fingerprint density at radius 2 is 1.79 bits per heavy atom. The second-order valence-corrected chi connectivity index (χ2v) is 7.99. The second kappa shape index (κ2) is 8.00. The van der Waals surface area contributed by atoms with E-state index in [-0.39, 0.29) is 0 Å². The number of hydrogen-bond donors (Lipinski definition) is 1. The third-order valence-electron chi connectivity index (χ3n) is 4.88. The first-order valence-corrected chi connectivity index (χ1v) is 10.1. The molecule has 2 heterocycles. The van der Waals surface area contributed by atoms with Gasteiger partial charge in [0.15, 0.2) is 0 Å². The summed E-state index contributed by atoms with van der Waals surface area (Å²) in [5.41, 5.74) is 3.67. The van der Waals surface area contributed by atoms with Gasteiger partial charge in [0.05, 0.1) is 10.2 Å². The van der Waals surface area contributed by atoms with Gasteiger partial charge in [-0.15, -0.1) is 11.3 Å². The quantitative estimate of drug-likeness (QED) is 0.533. The molecule has 1 aliphatic rings. The van der Waals surface area contributed by atoms with Crippen LogP contribution in [0.15, 0.2) is 42.5 Å². The van der Waals surface area contributed by atoms with Crippen molar-refractivity contribution in [3.8, 4) is 10.6 Å². The summed E-state index contributed by atoms with van der Waals surface area (Å²) in [6.45, 7) is 3.67. The summed E-state index contributed by atoms with van der Waals surface area (Å²) >= 11 is 1.62. The number of piperazine rings is 1. The minimum absolute atomic E-state index is 0.362. The van der Waals surface area contributed by atoms with Crippen LogP contribution in [0, 0.1) is 6.92 Å². The van der Waals surface area contributed by atoms with Crippen LogP contribution in [0.4, 0.5) is 5.69 Å². The van der Waals surface area contributed by atoms with E-state index in [1.54, 1.807) is 28.4 Å². The van der Waals surface area contributed by atoms with Crippen molar-refractivity contribution in [2.24, 2.45) is 0 Å². The summed E-state index contributed by atoms with van der Waals surface area (Å²) in [5.74, 6) is -1.26. The van der Waals surface area contributed by atoms with Gasteiger partial charge in [-0.25, -0.2) is 4.98 Å². The third kappa shape index (κ3) is 4.12. The number of carbonyl (C=O) groups excluding carboxylic acids is 3. The number of amides is 3. The zero-order chi connectivity index (χ0) is 20.4. The molecule has 4 rings (SSSR count). The van der Waals surface area contributed by atoms with Gasteiger partial charge >= 0.3 is 11.8 Å². The van der Waals surface area contributed by atoms with E-state index >= 15 is 0 Å². The number of thiazole rings is 1. The molecule has 0 atom stereocenters. The van der Waals surface area contributed by atoms with Crippen LogP contribution in [-0.4, -0.2) is 59.2 Å². The highest BCUT2D eigenvalue weighted by atomic mass is 32.1. The Morgan fingerprint density at radius 1 is 1.07 bits per heavy atom. The molecule has 3 amide bonds. The zero-order valence-electron chi connectivity index (χ0n) is 15.9. The number of anilines is 1. The molecule has 3 aromatic rings. The molecule has 0 saturated carbocycles. The lowest BCUT2D eigenvalue weighted by molar-refractivity contribution is -0.144. The van der Waals surface area contributed by atoms with Crippen molar-refractivity contribution >= 4 is 45.5 Å². The predicted molar refractivity (Wildman–Crippen MR) is 113 cm³/mol. The molecule has 0 spiro atoms. The SMILES string of the molecule is Cc1ccc2nc(-c3ccc(NC(=O)C(=O)N4CCN(C=O)CC4)cc3)sc2c1. The van der Waals surface area contributed by atoms with Gasteiger partial charge in [0.25, 0.3) is 0 Å². The van der Waals surface area contributed by atoms with Crippen LogP contribution in [-0.2, 0) is 14.4 Å². The fourth-order valence-corrected chi connectivity index (χ4v) is 4.28. The molecule has 1 N–H and O–H groups in total. The molecule has 148 valence electrons. The molecule has 8 heteroatoms. The van der Waals surface area contributed by atoms with Crippen molar-refractivity contribution in [1.82, 2.24) is 14.8 Å². The second-order valence-electron chi connectivity index (χ2n) is 6.96. The lowest BCUT2D eigenvalue weighted by Crippen LogP contribution is -2.51. The van der Waals surface area contributed by atoms with Crippen molar-refractivity contribution in [2.75, 3.05) is 31.5 Å². The summed E-state index contributed by atoms with van der Waals surface area (Å²) in [4.78, 5) is 43.0. The van der Waals surface area contributed by atoms with Crippen LogP contribution in [0.1, 0.15) is 5.56 Å². The van der Waals surface area contributed by atoms with Crippen molar-refractivity contribution < 1.29 is 14.4 Å². The standard InChI is InChI=1S/C21H20N4O3S/c1-14-2-7-17-18(12-14)29-20(23-17)15-3-5-16(6-4-15)22-19(27)21(28)25-10-8-24(13-26)9-11-25/h2-7,12-13H,8-11H2,1H3,(H,22,27). The zero-order valence-corrected chi connectivity index (χ0v) is 16.7. The molecule has 1 aliphatic heterocycles. The molecular formula is C21H20N4O3S. The Morgan fingerprint density at radius 3 is 2.48 bits per heavy atom. The number of carbonyl (C=O) groups is 3. The van der Waals surface area contributed by atoms with E-state index in [1.165, 1.54) is 10.5 Å². The van der Waals surface area contributed by atoms with Gasteiger partial charge in [-0.3, -0.25) is 14.4 Å². The Bertz CT molecular complexity index is 1070. The normalized spacial score (nSPS) is 14.1. The van der Waals surface area contributed by atoms with Crippen molar-refractivity contribution in [3.63, 3.8) is 0 Å². The number of nitrogens with zero attached hydrogens (tertiary/aromatic N) is 3. The number of benzene rings is 2.